The number of nitrogens with zero attached hydrogens (tertiary/aromatic N) is 2. The molecule has 2 nitrogen and oxygen atoms in total. The van der Waals surface area contributed by atoms with Gasteiger partial charge in [-0.2, -0.15) is 0 Å². The summed E-state index contributed by atoms with van der Waals surface area (Å²) >= 11 is 7.21. The predicted molar refractivity (Wildman–Crippen MR) is 64.3 cm³/mol. The monoisotopic (exact) mass is 256 g/mol. The van der Waals surface area contributed by atoms with Crippen molar-refractivity contribution in [1.29, 1.82) is 0 Å². The highest BCUT2D eigenvalue weighted by Crippen LogP contribution is 2.31. The van der Waals surface area contributed by atoms with Gasteiger partial charge in [-0.05, 0) is 26.0 Å². The van der Waals surface area contributed by atoms with Crippen LogP contribution in [0.15, 0.2) is 18.2 Å². The van der Waals surface area contributed by atoms with Gasteiger partial charge in [-0.3, -0.25) is 0 Å². The maximum absolute atomic E-state index is 13.6. The second-order valence-corrected chi connectivity index (χ2v) is 5.21. The third-order valence-electron chi connectivity index (χ3n) is 2.13. The molecule has 0 aliphatic rings. The highest BCUT2D eigenvalue weighted by molar-refractivity contribution is 7.15. The molecule has 16 heavy (non-hydrogen) atoms. The first-order valence-corrected chi connectivity index (χ1v) is 6.07. The SMILES string of the molecule is Cc1ccc(F)c(-c2nnc(C(C)Cl)s2)c1. The molecule has 2 rings (SSSR count). The van der Waals surface area contributed by atoms with Crippen molar-refractivity contribution in [2.24, 2.45) is 0 Å². The molecule has 1 aromatic carbocycles. The first-order valence-electron chi connectivity index (χ1n) is 4.82. The van der Waals surface area contributed by atoms with Crippen molar-refractivity contribution in [3.8, 4) is 10.6 Å². The van der Waals surface area contributed by atoms with Gasteiger partial charge in [0.2, 0.25) is 0 Å². The number of rotatable bonds is 2. The van der Waals surface area contributed by atoms with Gasteiger partial charge >= 0.3 is 0 Å². The van der Waals surface area contributed by atoms with Gasteiger partial charge in [0.05, 0.1) is 5.38 Å². The van der Waals surface area contributed by atoms with E-state index in [0.29, 0.717) is 15.6 Å². The van der Waals surface area contributed by atoms with E-state index in [4.69, 9.17) is 11.6 Å². The Balaban J connectivity index is 2.46. The molecule has 1 aromatic heterocycles. The summed E-state index contributed by atoms with van der Waals surface area (Å²) in [6, 6.07) is 4.93. The Hall–Kier alpha value is -1.000. The Morgan fingerprint density at radius 3 is 2.75 bits per heavy atom. The summed E-state index contributed by atoms with van der Waals surface area (Å²) in [6.45, 7) is 3.73. The summed E-state index contributed by atoms with van der Waals surface area (Å²) in [7, 11) is 0. The van der Waals surface area contributed by atoms with E-state index < -0.39 is 0 Å². The summed E-state index contributed by atoms with van der Waals surface area (Å²) in [5, 5.41) is 8.97. The number of aryl methyl sites for hydroxylation is 1. The van der Waals surface area contributed by atoms with Crippen LogP contribution in [-0.2, 0) is 0 Å². The van der Waals surface area contributed by atoms with Crippen LogP contribution >= 0.6 is 22.9 Å². The van der Waals surface area contributed by atoms with Crippen molar-refractivity contribution in [2.75, 3.05) is 0 Å². The molecule has 1 atom stereocenters. The van der Waals surface area contributed by atoms with Crippen molar-refractivity contribution < 1.29 is 4.39 Å². The Labute approximate surface area is 102 Å². The van der Waals surface area contributed by atoms with Crippen LogP contribution in [0.4, 0.5) is 4.39 Å². The maximum Gasteiger partial charge on any atom is 0.150 e. The average Bonchev–Trinajstić information content (AvgIpc) is 2.70. The van der Waals surface area contributed by atoms with E-state index in [1.165, 1.54) is 17.4 Å². The molecule has 1 heterocycles. The molecular formula is C11H10ClFN2S. The second-order valence-electron chi connectivity index (χ2n) is 3.54. The summed E-state index contributed by atoms with van der Waals surface area (Å²) in [5.41, 5.74) is 1.48. The summed E-state index contributed by atoms with van der Waals surface area (Å²) in [5.74, 6) is -0.282. The summed E-state index contributed by atoms with van der Waals surface area (Å²) in [6.07, 6.45) is 0. The third-order valence-corrected chi connectivity index (χ3v) is 3.61. The van der Waals surface area contributed by atoms with E-state index in [9.17, 15) is 4.39 Å². The van der Waals surface area contributed by atoms with Gasteiger partial charge in [0.1, 0.15) is 10.8 Å². The molecule has 0 saturated carbocycles. The fourth-order valence-corrected chi connectivity index (χ4v) is 2.27. The van der Waals surface area contributed by atoms with Crippen LogP contribution in [0, 0.1) is 12.7 Å². The Kier molecular flexibility index (Phi) is 3.21. The van der Waals surface area contributed by atoms with Gasteiger partial charge in [-0.25, -0.2) is 4.39 Å². The topological polar surface area (TPSA) is 25.8 Å². The van der Waals surface area contributed by atoms with E-state index in [1.807, 2.05) is 13.8 Å². The fourth-order valence-electron chi connectivity index (χ4n) is 1.31. The molecule has 0 saturated heterocycles. The van der Waals surface area contributed by atoms with Crippen molar-refractivity contribution in [2.45, 2.75) is 19.2 Å². The minimum absolute atomic E-state index is 0.195. The lowest BCUT2D eigenvalue weighted by atomic mass is 10.1. The Morgan fingerprint density at radius 1 is 1.38 bits per heavy atom. The van der Waals surface area contributed by atoms with Crippen molar-refractivity contribution in [3.05, 3.63) is 34.6 Å². The molecule has 0 bridgehead atoms. The van der Waals surface area contributed by atoms with E-state index in [1.54, 1.807) is 12.1 Å². The molecule has 1 unspecified atom stereocenters. The number of hydrogen-bond acceptors (Lipinski definition) is 3. The highest BCUT2D eigenvalue weighted by atomic mass is 35.5. The largest absolute Gasteiger partial charge is 0.206 e. The second kappa shape index (κ2) is 4.47. The van der Waals surface area contributed by atoms with E-state index in [0.717, 1.165) is 5.56 Å². The van der Waals surface area contributed by atoms with E-state index in [-0.39, 0.29) is 11.2 Å². The average molecular weight is 257 g/mol. The van der Waals surface area contributed by atoms with E-state index in [2.05, 4.69) is 10.2 Å². The molecule has 84 valence electrons. The molecule has 0 aliphatic heterocycles. The molecule has 0 spiro atoms. The lowest BCUT2D eigenvalue weighted by Crippen LogP contribution is -1.85. The van der Waals surface area contributed by atoms with Crippen LogP contribution < -0.4 is 0 Å². The number of benzene rings is 1. The van der Waals surface area contributed by atoms with Crippen LogP contribution in [0.1, 0.15) is 22.9 Å². The number of alkyl halides is 1. The van der Waals surface area contributed by atoms with Gasteiger partial charge in [0.15, 0.2) is 5.01 Å². The van der Waals surface area contributed by atoms with E-state index >= 15 is 0 Å². The molecule has 2 aromatic rings. The number of aromatic nitrogens is 2. The molecule has 0 N–H and O–H groups in total. The zero-order valence-electron chi connectivity index (χ0n) is 8.87. The predicted octanol–water partition coefficient (Wildman–Crippen LogP) is 3.95. The zero-order chi connectivity index (χ0) is 11.7. The third kappa shape index (κ3) is 2.23. The van der Waals surface area contributed by atoms with Crippen LogP contribution in [0.2, 0.25) is 0 Å². The van der Waals surface area contributed by atoms with Gasteiger partial charge in [0, 0.05) is 5.56 Å². The lowest BCUT2D eigenvalue weighted by Gasteiger charge is -1.99. The molecule has 0 radical (unpaired) electrons. The number of hydrogen-bond donors (Lipinski definition) is 0. The first kappa shape index (κ1) is 11.5. The first-order chi connectivity index (χ1) is 7.58. The van der Waals surface area contributed by atoms with Gasteiger partial charge in [-0.15, -0.1) is 21.8 Å². The maximum atomic E-state index is 13.6. The number of halogens is 2. The van der Waals surface area contributed by atoms with Crippen molar-refractivity contribution in [3.63, 3.8) is 0 Å². The standard InChI is InChI=1S/C11H10ClFN2S/c1-6-3-4-9(13)8(5-6)11-15-14-10(16-11)7(2)12/h3-5,7H,1-2H3. The summed E-state index contributed by atoms with van der Waals surface area (Å²) < 4.78 is 13.6. The van der Waals surface area contributed by atoms with Crippen molar-refractivity contribution >= 4 is 22.9 Å². The molecule has 0 aliphatic carbocycles. The van der Waals surface area contributed by atoms with Crippen LogP contribution in [-0.4, -0.2) is 10.2 Å². The quantitative estimate of drug-likeness (QED) is 0.761. The summed E-state index contributed by atoms with van der Waals surface area (Å²) in [4.78, 5) is 0. The van der Waals surface area contributed by atoms with Crippen LogP contribution in [0.3, 0.4) is 0 Å². The molecule has 0 amide bonds. The van der Waals surface area contributed by atoms with Crippen LogP contribution in [0.25, 0.3) is 10.6 Å². The minimum atomic E-state index is -0.282. The molecule has 5 heteroatoms. The van der Waals surface area contributed by atoms with Gasteiger partial charge in [0.25, 0.3) is 0 Å². The minimum Gasteiger partial charge on any atom is -0.206 e. The zero-order valence-corrected chi connectivity index (χ0v) is 10.4. The smallest absolute Gasteiger partial charge is 0.150 e. The van der Waals surface area contributed by atoms with Crippen molar-refractivity contribution in [1.82, 2.24) is 10.2 Å². The van der Waals surface area contributed by atoms with Gasteiger partial charge < -0.3 is 0 Å². The highest BCUT2D eigenvalue weighted by Gasteiger charge is 2.13. The fraction of sp³-hybridized carbons (Fsp3) is 0.273. The lowest BCUT2D eigenvalue weighted by molar-refractivity contribution is 0.630. The Bertz CT molecular complexity index is 510. The Morgan fingerprint density at radius 2 is 2.12 bits per heavy atom. The normalized spacial score (nSPS) is 12.8. The van der Waals surface area contributed by atoms with Crippen LogP contribution in [0.5, 0.6) is 0 Å². The molecular weight excluding hydrogens is 247 g/mol. The van der Waals surface area contributed by atoms with Gasteiger partial charge in [-0.1, -0.05) is 23.0 Å². The molecule has 0 fully saturated rings.